The molecule has 0 spiro atoms. The molecule has 2 aromatic rings. The van der Waals surface area contributed by atoms with Gasteiger partial charge in [0.1, 0.15) is 11.5 Å². The van der Waals surface area contributed by atoms with Gasteiger partial charge in [-0.25, -0.2) is 0 Å². The fourth-order valence-electron chi connectivity index (χ4n) is 3.71. The number of carbonyl (C=O) groups is 1. The standard InChI is InChI=1S/C27H38O3/c1-6-11-20(4)29-26-18-15-22(8-3)19-23(26)16-17-25(28)24-13-9-10-14-27(24)30-21(5)12-7-2/h9-10,13-15,18-21H,6-8,11-12,16-17H2,1-5H3. The average molecular weight is 411 g/mol. The summed E-state index contributed by atoms with van der Waals surface area (Å²) >= 11 is 0. The van der Waals surface area contributed by atoms with Crippen LogP contribution < -0.4 is 9.47 Å². The third kappa shape index (κ3) is 7.19. The van der Waals surface area contributed by atoms with E-state index >= 15 is 0 Å². The molecule has 2 aromatic carbocycles. The van der Waals surface area contributed by atoms with Gasteiger partial charge >= 0.3 is 0 Å². The van der Waals surface area contributed by atoms with Gasteiger partial charge in [-0.15, -0.1) is 0 Å². The van der Waals surface area contributed by atoms with Crippen molar-refractivity contribution in [2.45, 2.75) is 91.8 Å². The third-order valence-corrected chi connectivity index (χ3v) is 5.39. The van der Waals surface area contributed by atoms with Crippen molar-refractivity contribution in [3.8, 4) is 11.5 Å². The molecular formula is C27H38O3. The Kier molecular flexibility index (Phi) is 9.93. The summed E-state index contributed by atoms with van der Waals surface area (Å²) in [6.45, 7) is 10.6. The van der Waals surface area contributed by atoms with E-state index in [9.17, 15) is 4.79 Å². The molecule has 0 aliphatic heterocycles. The number of benzene rings is 2. The summed E-state index contributed by atoms with van der Waals surface area (Å²) in [5.41, 5.74) is 3.06. The maximum Gasteiger partial charge on any atom is 0.166 e. The number of ether oxygens (including phenoxy) is 2. The molecule has 3 nitrogen and oxygen atoms in total. The van der Waals surface area contributed by atoms with Crippen molar-refractivity contribution in [3.63, 3.8) is 0 Å². The third-order valence-electron chi connectivity index (χ3n) is 5.39. The van der Waals surface area contributed by atoms with Crippen molar-refractivity contribution in [1.82, 2.24) is 0 Å². The minimum atomic E-state index is 0.102. The molecule has 0 aliphatic carbocycles. The molecule has 2 unspecified atom stereocenters. The van der Waals surface area contributed by atoms with Crippen LogP contribution in [0.3, 0.4) is 0 Å². The topological polar surface area (TPSA) is 35.5 Å². The van der Waals surface area contributed by atoms with Crippen LogP contribution in [0, 0.1) is 0 Å². The predicted molar refractivity (Wildman–Crippen MR) is 125 cm³/mol. The van der Waals surface area contributed by atoms with Crippen LogP contribution in [0.1, 0.15) is 88.2 Å². The lowest BCUT2D eigenvalue weighted by atomic mass is 9.99. The monoisotopic (exact) mass is 410 g/mol. The van der Waals surface area contributed by atoms with Gasteiger partial charge in [0.15, 0.2) is 5.78 Å². The van der Waals surface area contributed by atoms with Crippen molar-refractivity contribution < 1.29 is 14.3 Å². The number of ketones is 1. The number of hydrogen-bond acceptors (Lipinski definition) is 3. The van der Waals surface area contributed by atoms with Crippen molar-refractivity contribution in [2.75, 3.05) is 0 Å². The van der Waals surface area contributed by atoms with Crippen LogP contribution in [0.4, 0.5) is 0 Å². The quantitative estimate of drug-likeness (QED) is 0.328. The van der Waals surface area contributed by atoms with Gasteiger partial charge in [0.25, 0.3) is 0 Å². The van der Waals surface area contributed by atoms with Gasteiger partial charge in [-0.3, -0.25) is 4.79 Å². The molecule has 0 radical (unpaired) electrons. The first-order chi connectivity index (χ1) is 14.5. The summed E-state index contributed by atoms with van der Waals surface area (Å²) in [5.74, 6) is 1.71. The lowest BCUT2D eigenvalue weighted by molar-refractivity contribution is 0.0975. The fourth-order valence-corrected chi connectivity index (χ4v) is 3.71. The van der Waals surface area contributed by atoms with Crippen molar-refractivity contribution in [2.24, 2.45) is 0 Å². The Morgan fingerprint density at radius 3 is 2.13 bits per heavy atom. The molecule has 0 saturated carbocycles. The van der Waals surface area contributed by atoms with Crippen LogP contribution in [0.25, 0.3) is 0 Å². The van der Waals surface area contributed by atoms with Crippen molar-refractivity contribution >= 4 is 5.78 Å². The highest BCUT2D eigenvalue weighted by atomic mass is 16.5. The molecule has 0 N–H and O–H groups in total. The van der Waals surface area contributed by atoms with Gasteiger partial charge < -0.3 is 9.47 Å². The van der Waals surface area contributed by atoms with E-state index in [0.717, 1.165) is 43.4 Å². The zero-order valence-electron chi connectivity index (χ0n) is 19.4. The molecule has 0 saturated heterocycles. The highest BCUT2D eigenvalue weighted by Crippen LogP contribution is 2.27. The lowest BCUT2D eigenvalue weighted by Crippen LogP contribution is -2.14. The number of hydrogen-bond donors (Lipinski definition) is 0. The van der Waals surface area contributed by atoms with E-state index in [2.05, 4.69) is 52.8 Å². The SMILES string of the molecule is CCCC(C)Oc1ccc(CC)cc1CCC(=O)c1ccccc1OC(C)CCC. The second kappa shape index (κ2) is 12.4. The normalized spacial score (nSPS) is 13.0. The Hall–Kier alpha value is -2.29. The highest BCUT2D eigenvalue weighted by Gasteiger charge is 2.16. The zero-order valence-corrected chi connectivity index (χ0v) is 19.4. The number of Topliss-reactive ketones (excluding diaryl/α,β-unsaturated/α-hetero) is 1. The van der Waals surface area contributed by atoms with E-state index in [1.807, 2.05) is 24.3 Å². The maximum atomic E-state index is 13.0. The number of rotatable bonds is 13. The summed E-state index contributed by atoms with van der Waals surface area (Å²) in [5, 5.41) is 0. The molecule has 3 heteroatoms. The molecule has 30 heavy (non-hydrogen) atoms. The summed E-state index contributed by atoms with van der Waals surface area (Å²) in [6, 6.07) is 14.0. The molecule has 0 fully saturated rings. The van der Waals surface area contributed by atoms with E-state index < -0.39 is 0 Å². The molecule has 0 heterocycles. The Bertz CT molecular complexity index is 796. The minimum Gasteiger partial charge on any atom is -0.490 e. The van der Waals surface area contributed by atoms with E-state index in [1.54, 1.807) is 0 Å². The lowest BCUT2D eigenvalue weighted by Gasteiger charge is -2.18. The maximum absolute atomic E-state index is 13.0. The predicted octanol–water partition coefficient (Wildman–Crippen LogP) is 7.20. The molecule has 0 bridgehead atoms. The second-order valence-corrected chi connectivity index (χ2v) is 8.15. The summed E-state index contributed by atoms with van der Waals surface area (Å²) in [7, 11) is 0. The van der Waals surface area contributed by atoms with Gasteiger partial charge in [0, 0.05) is 6.42 Å². The highest BCUT2D eigenvalue weighted by molar-refractivity contribution is 5.98. The number of para-hydroxylation sites is 1. The van der Waals surface area contributed by atoms with Crippen LogP contribution in [0.15, 0.2) is 42.5 Å². The van der Waals surface area contributed by atoms with E-state index in [4.69, 9.17) is 9.47 Å². The molecule has 0 amide bonds. The molecular weight excluding hydrogens is 372 g/mol. The summed E-state index contributed by atoms with van der Waals surface area (Å²) in [6.07, 6.45) is 6.50. The molecule has 0 aliphatic rings. The van der Waals surface area contributed by atoms with Gasteiger partial charge in [0.05, 0.1) is 17.8 Å². The second-order valence-electron chi connectivity index (χ2n) is 8.15. The van der Waals surface area contributed by atoms with Gasteiger partial charge in [-0.2, -0.15) is 0 Å². The van der Waals surface area contributed by atoms with Crippen LogP contribution in [-0.2, 0) is 12.8 Å². The molecule has 2 rings (SSSR count). The van der Waals surface area contributed by atoms with Crippen LogP contribution in [-0.4, -0.2) is 18.0 Å². The average Bonchev–Trinajstić information content (AvgIpc) is 2.73. The smallest absolute Gasteiger partial charge is 0.166 e. The first kappa shape index (κ1) is 24.0. The number of carbonyl (C=O) groups excluding carboxylic acids is 1. The summed E-state index contributed by atoms with van der Waals surface area (Å²) in [4.78, 5) is 13.0. The Morgan fingerprint density at radius 2 is 1.50 bits per heavy atom. The minimum absolute atomic E-state index is 0.102. The molecule has 2 atom stereocenters. The van der Waals surface area contributed by atoms with Crippen molar-refractivity contribution in [1.29, 1.82) is 0 Å². The fraction of sp³-hybridized carbons (Fsp3) is 0.519. The van der Waals surface area contributed by atoms with E-state index in [1.165, 1.54) is 5.56 Å². The summed E-state index contributed by atoms with van der Waals surface area (Å²) < 4.78 is 12.2. The Balaban J connectivity index is 2.14. The van der Waals surface area contributed by atoms with Crippen LogP contribution in [0.2, 0.25) is 0 Å². The Labute approximate surface area is 182 Å². The van der Waals surface area contributed by atoms with Gasteiger partial charge in [-0.05, 0) is 68.9 Å². The Morgan fingerprint density at radius 1 is 0.867 bits per heavy atom. The first-order valence-corrected chi connectivity index (χ1v) is 11.6. The van der Waals surface area contributed by atoms with E-state index in [0.29, 0.717) is 24.2 Å². The largest absolute Gasteiger partial charge is 0.490 e. The van der Waals surface area contributed by atoms with Gasteiger partial charge in [0.2, 0.25) is 0 Å². The molecule has 0 aromatic heterocycles. The molecule has 164 valence electrons. The zero-order chi connectivity index (χ0) is 21.9. The first-order valence-electron chi connectivity index (χ1n) is 11.6. The van der Waals surface area contributed by atoms with Crippen LogP contribution in [0.5, 0.6) is 11.5 Å². The van der Waals surface area contributed by atoms with E-state index in [-0.39, 0.29) is 18.0 Å². The van der Waals surface area contributed by atoms with Gasteiger partial charge in [-0.1, -0.05) is 57.9 Å². The number of aryl methyl sites for hydroxylation is 2. The van der Waals surface area contributed by atoms with Crippen LogP contribution >= 0.6 is 0 Å². The van der Waals surface area contributed by atoms with Crippen molar-refractivity contribution in [3.05, 3.63) is 59.2 Å².